The SMILES string of the molecule is CSC(CO)C(C)NC(=O)CC1(C(=O)O)CCCC1. The first kappa shape index (κ1) is 16.3. The molecule has 2 unspecified atom stereocenters. The summed E-state index contributed by atoms with van der Waals surface area (Å²) in [5.74, 6) is -1.10. The van der Waals surface area contributed by atoms with E-state index in [2.05, 4.69) is 5.32 Å². The molecule has 1 fully saturated rings. The van der Waals surface area contributed by atoms with Gasteiger partial charge in [-0.2, -0.15) is 11.8 Å². The minimum Gasteiger partial charge on any atom is -0.481 e. The number of carbonyl (C=O) groups is 2. The fourth-order valence-corrected chi connectivity index (χ4v) is 3.29. The van der Waals surface area contributed by atoms with E-state index < -0.39 is 11.4 Å². The fourth-order valence-electron chi connectivity index (χ4n) is 2.66. The Kier molecular flexibility index (Phi) is 6.13. The molecule has 1 aliphatic carbocycles. The van der Waals surface area contributed by atoms with Crippen LogP contribution < -0.4 is 5.32 Å². The summed E-state index contributed by atoms with van der Waals surface area (Å²) in [6.07, 6.45) is 4.82. The molecule has 0 aromatic heterocycles. The number of thioether (sulfide) groups is 1. The van der Waals surface area contributed by atoms with Gasteiger partial charge in [-0.1, -0.05) is 12.8 Å². The number of aliphatic hydroxyl groups excluding tert-OH is 1. The molecule has 6 heteroatoms. The maximum absolute atomic E-state index is 12.0. The molecule has 0 aliphatic heterocycles. The van der Waals surface area contributed by atoms with Gasteiger partial charge in [-0.15, -0.1) is 0 Å². The maximum atomic E-state index is 12.0. The van der Waals surface area contributed by atoms with Crippen molar-refractivity contribution in [2.24, 2.45) is 5.41 Å². The maximum Gasteiger partial charge on any atom is 0.310 e. The van der Waals surface area contributed by atoms with Crippen molar-refractivity contribution in [3.8, 4) is 0 Å². The Balaban J connectivity index is 2.56. The number of carboxylic acid groups (broad SMARTS) is 1. The molecule has 3 N–H and O–H groups in total. The summed E-state index contributed by atoms with van der Waals surface area (Å²) in [4.78, 5) is 23.4. The molecule has 0 saturated heterocycles. The van der Waals surface area contributed by atoms with Crippen LogP contribution in [0.1, 0.15) is 39.0 Å². The summed E-state index contributed by atoms with van der Waals surface area (Å²) < 4.78 is 0. The monoisotopic (exact) mass is 289 g/mol. The van der Waals surface area contributed by atoms with Gasteiger partial charge in [0.05, 0.1) is 12.0 Å². The van der Waals surface area contributed by atoms with Gasteiger partial charge in [0.15, 0.2) is 0 Å². The Labute approximate surface area is 118 Å². The minimum atomic E-state index is -0.877. The molecule has 0 aromatic carbocycles. The molecular weight excluding hydrogens is 266 g/mol. The van der Waals surface area contributed by atoms with Crippen LogP contribution in [-0.4, -0.2) is 46.2 Å². The zero-order chi connectivity index (χ0) is 14.5. The fraction of sp³-hybridized carbons (Fsp3) is 0.846. The van der Waals surface area contributed by atoms with Crippen LogP contribution in [0, 0.1) is 5.41 Å². The van der Waals surface area contributed by atoms with Crippen molar-refractivity contribution < 1.29 is 19.8 Å². The van der Waals surface area contributed by atoms with Gasteiger partial charge < -0.3 is 15.5 Å². The van der Waals surface area contributed by atoms with Crippen molar-refractivity contribution >= 4 is 23.6 Å². The van der Waals surface area contributed by atoms with Gasteiger partial charge in [0, 0.05) is 17.7 Å². The first-order chi connectivity index (χ1) is 8.95. The number of aliphatic hydroxyl groups is 1. The highest BCUT2D eigenvalue weighted by molar-refractivity contribution is 7.99. The second kappa shape index (κ2) is 7.14. The quantitative estimate of drug-likeness (QED) is 0.656. The van der Waals surface area contributed by atoms with Crippen molar-refractivity contribution in [3.05, 3.63) is 0 Å². The van der Waals surface area contributed by atoms with E-state index in [0.717, 1.165) is 12.8 Å². The van der Waals surface area contributed by atoms with Crippen molar-refractivity contribution in [1.82, 2.24) is 5.32 Å². The smallest absolute Gasteiger partial charge is 0.310 e. The largest absolute Gasteiger partial charge is 0.481 e. The highest BCUT2D eigenvalue weighted by atomic mass is 32.2. The molecule has 1 amide bonds. The van der Waals surface area contributed by atoms with Crippen molar-refractivity contribution in [2.75, 3.05) is 12.9 Å². The van der Waals surface area contributed by atoms with Crippen LogP contribution in [0.2, 0.25) is 0 Å². The third-order valence-electron chi connectivity index (χ3n) is 3.94. The average molecular weight is 289 g/mol. The molecule has 0 spiro atoms. The number of hydrogen-bond donors (Lipinski definition) is 3. The molecule has 0 aromatic rings. The van der Waals surface area contributed by atoms with Crippen LogP contribution in [0.15, 0.2) is 0 Å². The predicted molar refractivity (Wildman–Crippen MR) is 75.1 cm³/mol. The average Bonchev–Trinajstić information content (AvgIpc) is 2.80. The lowest BCUT2D eigenvalue weighted by molar-refractivity contribution is -0.151. The molecule has 110 valence electrons. The van der Waals surface area contributed by atoms with E-state index in [4.69, 9.17) is 5.11 Å². The molecule has 0 radical (unpaired) electrons. The van der Waals surface area contributed by atoms with Gasteiger partial charge in [-0.05, 0) is 26.0 Å². The van der Waals surface area contributed by atoms with Crippen LogP contribution in [0.3, 0.4) is 0 Å². The van der Waals surface area contributed by atoms with E-state index in [1.54, 1.807) is 0 Å². The lowest BCUT2D eigenvalue weighted by atomic mass is 9.82. The molecule has 5 nitrogen and oxygen atoms in total. The number of hydrogen-bond acceptors (Lipinski definition) is 4. The van der Waals surface area contributed by atoms with Crippen LogP contribution in [0.4, 0.5) is 0 Å². The van der Waals surface area contributed by atoms with E-state index in [9.17, 15) is 14.7 Å². The summed E-state index contributed by atoms with van der Waals surface area (Å²) in [5, 5.41) is 21.2. The second-order valence-corrected chi connectivity index (χ2v) is 6.36. The van der Waals surface area contributed by atoms with Crippen LogP contribution >= 0.6 is 11.8 Å². The first-order valence-corrected chi connectivity index (χ1v) is 7.90. The van der Waals surface area contributed by atoms with Gasteiger partial charge in [0.1, 0.15) is 0 Å². The molecule has 19 heavy (non-hydrogen) atoms. The summed E-state index contributed by atoms with van der Waals surface area (Å²) in [5.41, 5.74) is -0.877. The second-order valence-electron chi connectivity index (χ2n) is 5.28. The number of carboxylic acids is 1. The lowest BCUT2D eigenvalue weighted by Gasteiger charge is -2.26. The van der Waals surface area contributed by atoms with E-state index in [1.807, 2.05) is 13.2 Å². The van der Waals surface area contributed by atoms with Gasteiger partial charge >= 0.3 is 5.97 Å². The molecular formula is C13H23NO4S. The molecule has 0 bridgehead atoms. The summed E-state index contributed by atoms with van der Waals surface area (Å²) >= 11 is 1.49. The van der Waals surface area contributed by atoms with Crippen LogP contribution in [0.5, 0.6) is 0 Å². The van der Waals surface area contributed by atoms with Crippen molar-refractivity contribution in [3.63, 3.8) is 0 Å². The number of aliphatic carboxylic acids is 1. The molecule has 1 aliphatic rings. The van der Waals surface area contributed by atoms with E-state index in [1.165, 1.54) is 11.8 Å². The predicted octanol–water partition coefficient (Wildman–Crippen LogP) is 1.25. The van der Waals surface area contributed by atoms with E-state index >= 15 is 0 Å². The minimum absolute atomic E-state index is 0.00726. The van der Waals surface area contributed by atoms with E-state index in [-0.39, 0.29) is 30.2 Å². The highest BCUT2D eigenvalue weighted by Gasteiger charge is 2.43. The number of carbonyl (C=O) groups excluding carboxylic acids is 1. The summed E-state index contributed by atoms with van der Waals surface area (Å²) in [7, 11) is 0. The normalized spacial score (nSPS) is 20.8. The number of rotatable bonds is 7. The van der Waals surface area contributed by atoms with Gasteiger partial charge in [0.2, 0.25) is 5.91 Å². The lowest BCUT2D eigenvalue weighted by Crippen LogP contribution is -2.44. The number of amides is 1. The van der Waals surface area contributed by atoms with Crippen molar-refractivity contribution in [1.29, 1.82) is 0 Å². The molecule has 1 saturated carbocycles. The van der Waals surface area contributed by atoms with Gasteiger partial charge in [-0.3, -0.25) is 9.59 Å². The Hall–Kier alpha value is -0.750. The number of nitrogens with one attached hydrogen (secondary N) is 1. The Morgan fingerprint density at radius 2 is 1.95 bits per heavy atom. The standard InChI is InChI=1S/C13H23NO4S/c1-9(10(8-15)19-2)14-11(16)7-13(12(17)18)5-3-4-6-13/h9-10,15H,3-8H2,1-2H3,(H,14,16)(H,17,18). The highest BCUT2D eigenvalue weighted by Crippen LogP contribution is 2.41. The third-order valence-corrected chi connectivity index (χ3v) is 5.11. The molecule has 1 rings (SSSR count). The Bertz CT molecular complexity index is 325. The van der Waals surface area contributed by atoms with Crippen molar-refractivity contribution in [2.45, 2.75) is 50.3 Å². The Morgan fingerprint density at radius 1 is 1.37 bits per heavy atom. The first-order valence-electron chi connectivity index (χ1n) is 6.61. The topological polar surface area (TPSA) is 86.6 Å². The van der Waals surface area contributed by atoms with Gasteiger partial charge in [0.25, 0.3) is 0 Å². The van der Waals surface area contributed by atoms with Gasteiger partial charge in [-0.25, -0.2) is 0 Å². The molecule has 0 heterocycles. The van der Waals surface area contributed by atoms with Crippen LogP contribution in [0.25, 0.3) is 0 Å². The van der Waals surface area contributed by atoms with Crippen LogP contribution in [-0.2, 0) is 9.59 Å². The zero-order valence-electron chi connectivity index (χ0n) is 11.5. The summed E-state index contributed by atoms with van der Waals surface area (Å²) in [6, 6.07) is -0.167. The third kappa shape index (κ3) is 4.11. The summed E-state index contributed by atoms with van der Waals surface area (Å²) in [6.45, 7) is 1.82. The van der Waals surface area contributed by atoms with E-state index in [0.29, 0.717) is 12.8 Å². The zero-order valence-corrected chi connectivity index (χ0v) is 12.3. The molecule has 2 atom stereocenters. The Morgan fingerprint density at radius 3 is 2.37 bits per heavy atom.